The molecule has 1 rings (SSSR count). The van der Waals surface area contributed by atoms with Gasteiger partial charge in [0.05, 0.1) is 18.8 Å². The first kappa shape index (κ1) is 16.8. The summed E-state index contributed by atoms with van der Waals surface area (Å²) in [5, 5.41) is 0. The molecular weight excluding hydrogens is 305 g/mol. The molecule has 0 aliphatic carbocycles. The van der Waals surface area contributed by atoms with Crippen molar-refractivity contribution < 1.29 is 41.8 Å². The lowest BCUT2D eigenvalue weighted by Gasteiger charge is -2.21. The third kappa shape index (κ3) is 5.78. The van der Waals surface area contributed by atoms with Crippen molar-refractivity contribution >= 4 is 29.5 Å². The number of ketones is 1. The van der Waals surface area contributed by atoms with Gasteiger partial charge in [-0.1, -0.05) is 0 Å². The fourth-order valence-corrected chi connectivity index (χ4v) is 1.89. The van der Waals surface area contributed by atoms with Crippen molar-refractivity contribution in [2.24, 2.45) is 0 Å². The van der Waals surface area contributed by atoms with Crippen LogP contribution in [-0.4, -0.2) is 54.9 Å². The maximum absolute atomic E-state index is 11.8. The molecule has 1 saturated heterocycles. The first-order valence-electron chi connectivity index (χ1n) is 5.48. The fourth-order valence-electron chi connectivity index (χ4n) is 1.15. The fraction of sp³-hybridized carbons (Fsp3) is 0.700. The molecule has 0 bridgehead atoms. The molecule has 0 amide bonds. The second-order valence-corrected chi connectivity index (χ2v) is 4.73. The van der Waals surface area contributed by atoms with Gasteiger partial charge in [0, 0.05) is 5.75 Å². The summed E-state index contributed by atoms with van der Waals surface area (Å²) in [6.45, 7) is -0.239. The molecule has 0 aromatic rings. The zero-order valence-corrected chi connectivity index (χ0v) is 10.9. The van der Waals surface area contributed by atoms with Crippen molar-refractivity contribution in [3.05, 3.63) is 0 Å². The number of hydrogen-bond donors (Lipinski definition) is 0. The van der Waals surface area contributed by atoms with Crippen molar-refractivity contribution in [2.75, 3.05) is 24.7 Å². The van der Waals surface area contributed by atoms with E-state index >= 15 is 0 Å². The Morgan fingerprint density at radius 3 is 2.55 bits per heavy atom. The van der Waals surface area contributed by atoms with Crippen LogP contribution in [0, 0.1) is 0 Å². The van der Waals surface area contributed by atoms with Gasteiger partial charge < -0.3 is 14.2 Å². The van der Waals surface area contributed by atoms with E-state index in [0.29, 0.717) is 12.4 Å². The van der Waals surface area contributed by atoms with E-state index in [1.165, 1.54) is 11.8 Å². The highest BCUT2D eigenvalue weighted by atomic mass is 32.2. The molecule has 20 heavy (non-hydrogen) atoms. The molecule has 1 fully saturated rings. The van der Waals surface area contributed by atoms with Crippen LogP contribution in [0.25, 0.3) is 0 Å². The normalized spacial score (nSPS) is 19.2. The highest BCUT2D eigenvalue weighted by molar-refractivity contribution is 7.99. The summed E-state index contributed by atoms with van der Waals surface area (Å²) >= 11 is 1.52. The Bertz CT molecular complexity index is 378. The Morgan fingerprint density at radius 1 is 1.30 bits per heavy atom. The zero-order valence-electron chi connectivity index (χ0n) is 10.1. The zero-order chi connectivity index (χ0) is 15.2. The van der Waals surface area contributed by atoms with Crippen molar-refractivity contribution in [2.45, 2.75) is 18.9 Å². The molecule has 0 aromatic heterocycles. The van der Waals surface area contributed by atoms with Crippen molar-refractivity contribution in [1.29, 1.82) is 0 Å². The Hall–Kier alpha value is -1.29. The van der Waals surface area contributed by atoms with Crippen LogP contribution in [0.1, 0.15) is 6.42 Å². The molecule has 6 nitrogen and oxygen atoms in total. The second kappa shape index (κ2) is 7.48. The number of hydrogen-bond acceptors (Lipinski definition) is 7. The van der Waals surface area contributed by atoms with Crippen molar-refractivity contribution in [3.63, 3.8) is 0 Å². The van der Waals surface area contributed by atoms with Crippen LogP contribution in [0.4, 0.5) is 13.2 Å². The largest absolute Gasteiger partial charge is 0.461 e. The molecule has 0 spiro atoms. The molecule has 0 radical (unpaired) electrons. The molecule has 0 saturated carbocycles. The third-order valence-corrected chi connectivity index (χ3v) is 2.99. The molecule has 10 heteroatoms. The van der Waals surface area contributed by atoms with E-state index in [1.807, 2.05) is 0 Å². The number of ether oxygens (including phenoxy) is 3. The van der Waals surface area contributed by atoms with Gasteiger partial charge in [-0.2, -0.15) is 24.9 Å². The predicted molar refractivity (Wildman–Crippen MR) is 59.8 cm³/mol. The van der Waals surface area contributed by atoms with Crippen LogP contribution in [0.15, 0.2) is 0 Å². The lowest BCUT2D eigenvalue weighted by molar-refractivity contribution is -0.184. The number of alkyl halides is 3. The Kier molecular flexibility index (Phi) is 6.27. The van der Waals surface area contributed by atoms with E-state index in [1.54, 1.807) is 0 Å². The summed E-state index contributed by atoms with van der Waals surface area (Å²) in [6, 6.07) is 0. The van der Waals surface area contributed by atoms with E-state index in [9.17, 15) is 27.6 Å². The minimum absolute atomic E-state index is 0.428. The summed E-state index contributed by atoms with van der Waals surface area (Å²) in [5.74, 6) is -4.21. The number of rotatable bonds is 5. The Balaban J connectivity index is 2.21. The molecule has 1 unspecified atom stereocenters. The maximum Gasteiger partial charge on any atom is 0.461 e. The lowest BCUT2D eigenvalue weighted by atomic mass is 10.4. The summed E-state index contributed by atoms with van der Waals surface area (Å²) in [4.78, 5) is 32.4. The minimum atomic E-state index is -5.29. The minimum Gasteiger partial charge on any atom is -0.459 e. The number of halogens is 3. The standard InChI is InChI=1S/C10H11F3O6S/c11-10(12,13)8(15)9(16)18-2-1-6(14)19-7-5-20-4-3-17-7/h7H,1-5H2. The van der Waals surface area contributed by atoms with Gasteiger partial charge in [-0.25, -0.2) is 4.79 Å². The van der Waals surface area contributed by atoms with Crippen LogP contribution < -0.4 is 0 Å². The first-order valence-corrected chi connectivity index (χ1v) is 6.63. The van der Waals surface area contributed by atoms with Gasteiger partial charge in [-0.05, 0) is 0 Å². The van der Waals surface area contributed by atoms with Gasteiger partial charge >= 0.3 is 23.9 Å². The molecule has 0 aromatic carbocycles. The Labute approximate surface area is 115 Å². The van der Waals surface area contributed by atoms with E-state index in [2.05, 4.69) is 4.74 Å². The maximum atomic E-state index is 11.8. The molecular formula is C10H11F3O6S. The van der Waals surface area contributed by atoms with Gasteiger partial charge in [0.15, 0.2) is 0 Å². The van der Waals surface area contributed by atoms with E-state index < -0.39 is 43.2 Å². The second-order valence-electron chi connectivity index (χ2n) is 3.58. The van der Waals surface area contributed by atoms with Gasteiger partial charge in [0.25, 0.3) is 0 Å². The highest BCUT2D eigenvalue weighted by Gasteiger charge is 2.44. The average molecular weight is 316 g/mol. The average Bonchev–Trinajstić information content (AvgIpc) is 2.37. The van der Waals surface area contributed by atoms with Crippen LogP contribution in [0.2, 0.25) is 0 Å². The number of Topliss-reactive ketones (excluding diaryl/α,β-unsaturated/α-hetero) is 1. The number of thioether (sulfide) groups is 1. The summed E-state index contributed by atoms with van der Waals surface area (Å²) in [5.41, 5.74) is 0. The molecule has 1 heterocycles. The van der Waals surface area contributed by atoms with E-state index in [0.717, 1.165) is 5.75 Å². The predicted octanol–water partition coefficient (Wildman–Crippen LogP) is 0.684. The molecule has 1 aliphatic rings. The summed E-state index contributed by atoms with van der Waals surface area (Å²) < 4.78 is 49.4. The van der Waals surface area contributed by atoms with E-state index in [4.69, 9.17) is 9.47 Å². The molecule has 1 atom stereocenters. The van der Waals surface area contributed by atoms with Crippen LogP contribution in [0.5, 0.6) is 0 Å². The van der Waals surface area contributed by atoms with Gasteiger partial charge in [0.2, 0.25) is 6.29 Å². The topological polar surface area (TPSA) is 78.9 Å². The molecule has 0 N–H and O–H groups in total. The number of esters is 2. The summed E-state index contributed by atoms with van der Waals surface area (Å²) in [6.07, 6.45) is -6.46. The lowest BCUT2D eigenvalue weighted by Crippen LogP contribution is -2.33. The SMILES string of the molecule is O=C(CCOC(=O)C(=O)C(F)(F)F)OC1CSCCO1. The smallest absolute Gasteiger partial charge is 0.459 e. The van der Waals surface area contributed by atoms with Gasteiger partial charge in [-0.3, -0.25) is 9.59 Å². The van der Waals surface area contributed by atoms with Gasteiger partial charge in [-0.15, -0.1) is 0 Å². The van der Waals surface area contributed by atoms with Crippen molar-refractivity contribution in [1.82, 2.24) is 0 Å². The quantitative estimate of drug-likeness (QED) is 0.545. The van der Waals surface area contributed by atoms with Crippen LogP contribution >= 0.6 is 11.8 Å². The van der Waals surface area contributed by atoms with Crippen LogP contribution in [-0.2, 0) is 28.6 Å². The molecule has 1 aliphatic heterocycles. The monoisotopic (exact) mass is 316 g/mol. The Morgan fingerprint density at radius 2 is 2.00 bits per heavy atom. The first-order chi connectivity index (χ1) is 9.30. The number of carbonyl (C=O) groups is 3. The highest BCUT2D eigenvalue weighted by Crippen LogP contribution is 2.17. The van der Waals surface area contributed by atoms with Crippen molar-refractivity contribution in [3.8, 4) is 0 Å². The van der Waals surface area contributed by atoms with Crippen LogP contribution in [0.3, 0.4) is 0 Å². The number of carbonyl (C=O) groups excluding carboxylic acids is 3. The summed E-state index contributed by atoms with van der Waals surface area (Å²) in [7, 11) is 0. The third-order valence-electron chi connectivity index (χ3n) is 2.03. The van der Waals surface area contributed by atoms with E-state index in [-0.39, 0.29) is 0 Å². The van der Waals surface area contributed by atoms with Gasteiger partial charge in [0.1, 0.15) is 6.61 Å². The molecule has 114 valence electrons.